The Labute approximate surface area is 170 Å². The highest BCUT2D eigenvalue weighted by molar-refractivity contribution is 5.75. The van der Waals surface area contributed by atoms with E-state index in [1.54, 1.807) is 12.1 Å². The summed E-state index contributed by atoms with van der Waals surface area (Å²) in [6, 6.07) is 17.3. The zero-order valence-corrected chi connectivity index (χ0v) is 17.4. The number of carbonyl (C=O) groups is 1. The Morgan fingerprint density at radius 1 is 0.821 bits per heavy atom. The second-order valence-electron chi connectivity index (χ2n) is 7.33. The van der Waals surface area contributed by atoms with Gasteiger partial charge in [0.05, 0.1) is 5.92 Å². The molecule has 0 saturated carbocycles. The van der Waals surface area contributed by atoms with E-state index in [-0.39, 0.29) is 11.9 Å². The molecule has 0 radical (unpaired) electrons. The summed E-state index contributed by atoms with van der Waals surface area (Å²) >= 11 is 0. The highest BCUT2D eigenvalue weighted by atomic mass is 16.5. The van der Waals surface area contributed by atoms with E-state index in [0.29, 0.717) is 12.4 Å². The van der Waals surface area contributed by atoms with Crippen LogP contribution in [0.15, 0.2) is 54.6 Å². The van der Waals surface area contributed by atoms with Crippen LogP contribution in [0.2, 0.25) is 0 Å². The molecule has 2 aromatic carbocycles. The topological polar surface area (TPSA) is 35.5 Å². The zero-order chi connectivity index (χ0) is 20.0. The lowest BCUT2D eigenvalue weighted by molar-refractivity contribution is -0.139. The molecule has 0 bridgehead atoms. The van der Waals surface area contributed by atoms with Gasteiger partial charge in [0.15, 0.2) is 0 Å². The van der Waals surface area contributed by atoms with Crippen LogP contribution < -0.4 is 9.47 Å². The summed E-state index contributed by atoms with van der Waals surface area (Å²) < 4.78 is 11.4. The minimum Gasteiger partial charge on any atom is -0.489 e. The molecule has 0 fully saturated rings. The van der Waals surface area contributed by atoms with Crippen molar-refractivity contribution in [2.24, 2.45) is 5.92 Å². The summed E-state index contributed by atoms with van der Waals surface area (Å²) in [4.78, 5) is 12.5. The van der Waals surface area contributed by atoms with Crippen LogP contribution in [0.5, 0.6) is 11.5 Å². The molecule has 0 heterocycles. The quantitative estimate of drug-likeness (QED) is 0.214. The number of benzene rings is 2. The smallest absolute Gasteiger partial charge is 0.314 e. The fraction of sp³-hybridized carbons (Fsp3) is 0.480. The molecular weight excluding hydrogens is 348 g/mol. The van der Waals surface area contributed by atoms with Crippen LogP contribution in [0.1, 0.15) is 70.8 Å². The van der Waals surface area contributed by atoms with Crippen molar-refractivity contribution in [3.63, 3.8) is 0 Å². The predicted octanol–water partition coefficient (Wildman–Crippen LogP) is 6.95. The molecule has 2 aromatic rings. The van der Waals surface area contributed by atoms with Crippen LogP contribution in [-0.4, -0.2) is 5.97 Å². The van der Waals surface area contributed by atoms with Crippen molar-refractivity contribution < 1.29 is 14.3 Å². The monoisotopic (exact) mass is 382 g/mol. The third-order valence-electron chi connectivity index (χ3n) is 5.02. The van der Waals surface area contributed by atoms with Gasteiger partial charge in [-0.2, -0.15) is 0 Å². The molecule has 1 unspecified atom stereocenters. The fourth-order valence-corrected chi connectivity index (χ4v) is 3.20. The molecule has 0 aliphatic heterocycles. The van der Waals surface area contributed by atoms with Crippen molar-refractivity contribution in [3.8, 4) is 11.5 Å². The van der Waals surface area contributed by atoms with Gasteiger partial charge in [0, 0.05) is 0 Å². The van der Waals surface area contributed by atoms with E-state index in [0.717, 1.165) is 30.6 Å². The molecule has 0 amide bonds. The van der Waals surface area contributed by atoms with Crippen LogP contribution in [0, 0.1) is 5.92 Å². The average molecular weight is 383 g/mol. The fourth-order valence-electron chi connectivity index (χ4n) is 3.20. The van der Waals surface area contributed by atoms with Crippen molar-refractivity contribution >= 4 is 5.97 Å². The molecule has 0 aliphatic rings. The van der Waals surface area contributed by atoms with Gasteiger partial charge in [-0.1, -0.05) is 82.7 Å². The zero-order valence-electron chi connectivity index (χ0n) is 17.4. The lowest BCUT2D eigenvalue weighted by Crippen LogP contribution is -2.20. The van der Waals surface area contributed by atoms with Gasteiger partial charge in [-0.15, -0.1) is 0 Å². The minimum absolute atomic E-state index is 0.0137. The molecule has 0 aliphatic carbocycles. The average Bonchev–Trinajstić information content (AvgIpc) is 2.73. The van der Waals surface area contributed by atoms with E-state index in [1.807, 2.05) is 42.5 Å². The summed E-state index contributed by atoms with van der Waals surface area (Å²) in [7, 11) is 0. The summed E-state index contributed by atoms with van der Waals surface area (Å²) in [5.41, 5.74) is 1.12. The van der Waals surface area contributed by atoms with Gasteiger partial charge < -0.3 is 9.47 Å². The maximum Gasteiger partial charge on any atom is 0.314 e. The molecule has 0 saturated heterocycles. The van der Waals surface area contributed by atoms with Gasteiger partial charge in [-0.25, -0.2) is 0 Å². The van der Waals surface area contributed by atoms with Crippen molar-refractivity contribution in [1.82, 2.24) is 0 Å². The number of carbonyl (C=O) groups excluding carboxylic acids is 1. The molecule has 1 atom stereocenters. The first kappa shape index (κ1) is 22.0. The number of hydrogen-bond donors (Lipinski definition) is 0. The van der Waals surface area contributed by atoms with Crippen molar-refractivity contribution in [2.45, 2.75) is 71.8 Å². The van der Waals surface area contributed by atoms with Crippen LogP contribution >= 0.6 is 0 Å². The van der Waals surface area contributed by atoms with Crippen LogP contribution in [0.3, 0.4) is 0 Å². The first-order chi connectivity index (χ1) is 13.7. The van der Waals surface area contributed by atoms with Gasteiger partial charge in [-0.3, -0.25) is 4.79 Å². The number of esters is 1. The number of rotatable bonds is 13. The van der Waals surface area contributed by atoms with E-state index in [4.69, 9.17) is 9.47 Å². The Morgan fingerprint density at radius 2 is 1.46 bits per heavy atom. The lowest BCUT2D eigenvalue weighted by Gasteiger charge is -2.14. The van der Waals surface area contributed by atoms with Crippen LogP contribution in [0.4, 0.5) is 0 Å². The molecule has 0 N–H and O–H groups in total. The molecule has 3 heteroatoms. The Morgan fingerprint density at radius 3 is 2.14 bits per heavy atom. The molecule has 3 nitrogen and oxygen atoms in total. The molecule has 0 spiro atoms. The van der Waals surface area contributed by atoms with E-state index < -0.39 is 0 Å². The SMILES string of the molecule is CCCCCCCCC(CC)C(=O)Oc1ccc(OCc2ccccc2)cc1. The molecule has 28 heavy (non-hydrogen) atoms. The van der Waals surface area contributed by atoms with Crippen molar-refractivity contribution in [2.75, 3.05) is 0 Å². The Kier molecular flexibility index (Phi) is 10.2. The lowest BCUT2D eigenvalue weighted by atomic mass is 9.98. The number of unbranched alkanes of at least 4 members (excludes halogenated alkanes) is 5. The van der Waals surface area contributed by atoms with Crippen LogP contribution in [0.25, 0.3) is 0 Å². The maximum atomic E-state index is 12.5. The Bertz CT molecular complexity index is 664. The Hall–Kier alpha value is -2.29. The second-order valence-corrected chi connectivity index (χ2v) is 7.33. The first-order valence-electron chi connectivity index (χ1n) is 10.7. The third kappa shape index (κ3) is 8.16. The normalized spacial score (nSPS) is 11.8. The predicted molar refractivity (Wildman–Crippen MR) is 115 cm³/mol. The molecule has 152 valence electrons. The number of hydrogen-bond acceptors (Lipinski definition) is 3. The Balaban J connectivity index is 1.74. The second kappa shape index (κ2) is 13.0. The van der Waals surface area contributed by atoms with Gasteiger partial charge in [0.1, 0.15) is 18.1 Å². The van der Waals surface area contributed by atoms with E-state index >= 15 is 0 Å². The minimum atomic E-state index is -0.117. The van der Waals surface area contributed by atoms with E-state index in [2.05, 4.69) is 13.8 Å². The van der Waals surface area contributed by atoms with Crippen LogP contribution in [-0.2, 0) is 11.4 Å². The number of ether oxygens (including phenoxy) is 2. The van der Waals surface area contributed by atoms with Gasteiger partial charge in [-0.05, 0) is 42.7 Å². The van der Waals surface area contributed by atoms with Gasteiger partial charge >= 0.3 is 5.97 Å². The van der Waals surface area contributed by atoms with E-state index in [1.165, 1.54) is 32.1 Å². The highest BCUT2D eigenvalue weighted by Crippen LogP contribution is 2.22. The van der Waals surface area contributed by atoms with E-state index in [9.17, 15) is 4.79 Å². The van der Waals surface area contributed by atoms with Crippen molar-refractivity contribution in [3.05, 3.63) is 60.2 Å². The molecule has 2 rings (SSSR count). The maximum absolute atomic E-state index is 12.5. The third-order valence-corrected chi connectivity index (χ3v) is 5.02. The first-order valence-corrected chi connectivity index (χ1v) is 10.7. The summed E-state index contributed by atoms with van der Waals surface area (Å²) in [6.07, 6.45) is 9.19. The molecule has 0 aromatic heterocycles. The summed E-state index contributed by atoms with van der Waals surface area (Å²) in [5, 5.41) is 0. The van der Waals surface area contributed by atoms with Gasteiger partial charge in [0.2, 0.25) is 0 Å². The van der Waals surface area contributed by atoms with Gasteiger partial charge in [0.25, 0.3) is 0 Å². The summed E-state index contributed by atoms with van der Waals surface area (Å²) in [6.45, 7) is 4.81. The largest absolute Gasteiger partial charge is 0.489 e. The summed E-state index contributed by atoms with van der Waals surface area (Å²) in [5.74, 6) is 1.22. The van der Waals surface area contributed by atoms with Crippen molar-refractivity contribution in [1.29, 1.82) is 0 Å². The highest BCUT2D eigenvalue weighted by Gasteiger charge is 2.18. The molecular formula is C25H34O3. The standard InChI is InChI=1S/C25H34O3/c1-3-5-6-7-8-12-15-22(4-2)25(26)28-24-18-16-23(17-19-24)27-20-21-13-10-9-11-14-21/h9-11,13-14,16-19,22H,3-8,12,15,20H2,1-2H3.